The number of unbranched alkanes of at least 4 members (excludes halogenated alkanes) is 7. The number of guanidine groups is 1. The van der Waals surface area contributed by atoms with E-state index in [9.17, 15) is 4.79 Å². The summed E-state index contributed by atoms with van der Waals surface area (Å²) >= 11 is 0. The first-order valence-electron chi connectivity index (χ1n) is 11.1. The van der Waals surface area contributed by atoms with Crippen LogP contribution < -0.4 is 16.0 Å². The third-order valence-corrected chi connectivity index (χ3v) is 4.61. The SMILES string of the molecule is Cc1cc(N(CCCCCCCCCCNC(=O)OC(C)(C)C)C(N)=NC#N)ccn1. The van der Waals surface area contributed by atoms with E-state index in [1.807, 2.05) is 44.7 Å². The molecule has 1 rings (SSSR count). The first-order chi connectivity index (χ1) is 14.7. The lowest BCUT2D eigenvalue weighted by molar-refractivity contribution is 0.0527. The maximum atomic E-state index is 11.6. The van der Waals surface area contributed by atoms with Crippen molar-refractivity contribution in [3.63, 3.8) is 0 Å². The van der Waals surface area contributed by atoms with Crippen molar-refractivity contribution >= 4 is 17.7 Å². The Hall–Kier alpha value is -2.82. The first kappa shape index (κ1) is 26.2. The highest BCUT2D eigenvalue weighted by Crippen LogP contribution is 2.16. The van der Waals surface area contributed by atoms with Crippen molar-refractivity contribution in [1.29, 1.82) is 5.26 Å². The Morgan fingerprint density at radius 1 is 1.19 bits per heavy atom. The first-order valence-corrected chi connectivity index (χ1v) is 11.1. The molecule has 0 atom stereocenters. The quantitative estimate of drug-likeness (QED) is 0.216. The number of nitrogens with two attached hydrogens (primary N) is 1. The summed E-state index contributed by atoms with van der Waals surface area (Å²) in [4.78, 5) is 21.3. The number of rotatable bonds is 12. The largest absolute Gasteiger partial charge is 0.444 e. The van der Waals surface area contributed by atoms with E-state index < -0.39 is 5.60 Å². The van der Waals surface area contributed by atoms with E-state index in [1.54, 1.807) is 12.4 Å². The van der Waals surface area contributed by atoms with Gasteiger partial charge in [-0.2, -0.15) is 5.26 Å². The number of amides is 1. The molecule has 8 heteroatoms. The third-order valence-electron chi connectivity index (χ3n) is 4.61. The standard InChI is InChI=1S/C23H38N6O2/c1-19-17-20(13-15-26-19)29(21(25)28-18-24)16-12-10-8-6-5-7-9-11-14-27-22(30)31-23(2,3)4/h13,15,17H,5-12,14,16H2,1-4H3,(H2,25,28)(H,27,30). The molecule has 0 radical (unpaired) electrons. The lowest BCUT2D eigenvalue weighted by Crippen LogP contribution is -2.38. The summed E-state index contributed by atoms with van der Waals surface area (Å²) in [7, 11) is 0. The molecule has 0 aliphatic carbocycles. The number of ether oxygens (including phenoxy) is 1. The van der Waals surface area contributed by atoms with Crippen LogP contribution in [0.1, 0.15) is 77.8 Å². The predicted molar refractivity (Wildman–Crippen MR) is 125 cm³/mol. The van der Waals surface area contributed by atoms with Crippen LogP contribution in [0, 0.1) is 18.4 Å². The zero-order chi connectivity index (χ0) is 23.1. The van der Waals surface area contributed by atoms with Gasteiger partial charge in [0.1, 0.15) is 5.60 Å². The minimum atomic E-state index is -0.452. The molecule has 0 saturated heterocycles. The number of anilines is 1. The van der Waals surface area contributed by atoms with Gasteiger partial charge in [-0.1, -0.05) is 38.5 Å². The van der Waals surface area contributed by atoms with Crippen molar-refractivity contribution < 1.29 is 9.53 Å². The summed E-state index contributed by atoms with van der Waals surface area (Å²) in [5.74, 6) is 0.216. The average molecular weight is 431 g/mol. The Bertz CT molecular complexity index is 736. The molecule has 3 N–H and O–H groups in total. The summed E-state index contributed by atoms with van der Waals surface area (Å²) in [6.07, 6.45) is 12.0. The molecule has 1 heterocycles. The van der Waals surface area contributed by atoms with Crippen molar-refractivity contribution in [2.24, 2.45) is 10.7 Å². The van der Waals surface area contributed by atoms with Crippen LogP contribution in [0.5, 0.6) is 0 Å². The smallest absolute Gasteiger partial charge is 0.407 e. The van der Waals surface area contributed by atoms with Crippen molar-refractivity contribution in [2.75, 3.05) is 18.0 Å². The van der Waals surface area contributed by atoms with Gasteiger partial charge in [0, 0.05) is 30.7 Å². The van der Waals surface area contributed by atoms with Gasteiger partial charge in [0.25, 0.3) is 0 Å². The van der Waals surface area contributed by atoms with E-state index >= 15 is 0 Å². The second kappa shape index (κ2) is 14.2. The van der Waals surface area contributed by atoms with Gasteiger partial charge in [-0.3, -0.25) is 4.98 Å². The number of nitriles is 1. The van der Waals surface area contributed by atoms with Gasteiger partial charge < -0.3 is 20.7 Å². The Morgan fingerprint density at radius 2 is 1.81 bits per heavy atom. The van der Waals surface area contributed by atoms with Crippen molar-refractivity contribution in [3.05, 3.63) is 24.0 Å². The molecule has 0 aliphatic heterocycles. The predicted octanol–water partition coefficient (Wildman–Crippen LogP) is 4.64. The van der Waals surface area contributed by atoms with Crippen LogP contribution in [0.25, 0.3) is 0 Å². The summed E-state index contributed by atoms with van der Waals surface area (Å²) in [6.45, 7) is 8.88. The number of nitrogens with one attached hydrogen (secondary N) is 1. The van der Waals surface area contributed by atoms with E-state index in [1.165, 1.54) is 19.3 Å². The van der Waals surface area contributed by atoms with Gasteiger partial charge in [0.2, 0.25) is 12.2 Å². The number of nitrogens with zero attached hydrogens (tertiary/aromatic N) is 4. The molecule has 0 unspecified atom stereocenters. The van der Waals surface area contributed by atoms with Gasteiger partial charge >= 0.3 is 6.09 Å². The molecule has 0 aliphatic rings. The van der Waals surface area contributed by atoms with Crippen molar-refractivity contribution in [3.8, 4) is 6.19 Å². The molecule has 0 fully saturated rings. The Labute approximate surface area is 186 Å². The van der Waals surface area contributed by atoms with Crippen LogP contribution >= 0.6 is 0 Å². The topological polar surface area (TPSA) is 117 Å². The lowest BCUT2D eigenvalue weighted by Gasteiger charge is -2.23. The van der Waals surface area contributed by atoms with Gasteiger partial charge in [-0.15, -0.1) is 4.99 Å². The Kier molecular flexibility index (Phi) is 12.0. The van der Waals surface area contributed by atoms with Crippen LogP contribution in [-0.2, 0) is 4.74 Å². The molecule has 0 bridgehead atoms. The van der Waals surface area contributed by atoms with Gasteiger partial charge in [0.05, 0.1) is 0 Å². The zero-order valence-electron chi connectivity index (χ0n) is 19.5. The molecule has 31 heavy (non-hydrogen) atoms. The van der Waals surface area contributed by atoms with E-state index in [0.717, 1.165) is 50.0 Å². The summed E-state index contributed by atoms with van der Waals surface area (Å²) in [5.41, 5.74) is 7.33. The van der Waals surface area contributed by atoms with Crippen molar-refractivity contribution in [2.45, 2.75) is 84.7 Å². The van der Waals surface area contributed by atoms with Crippen LogP contribution in [-0.4, -0.2) is 35.7 Å². The number of aryl methyl sites for hydroxylation is 1. The number of hydrogen-bond donors (Lipinski definition) is 2. The lowest BCUT2D eigenvalue weighted by atomic mass is 10.1. The molecular weight excluding hydrogens is 392 g/mol. The van der Waals surface area contributed by atoms with Gasteiger partial charge in [-0.25, -0.2) is 4.79 Å². The number of carbonyl (C=O) groups excluding carboxylic acids is 1. The van der Waals surface area contributed by atoms with Crippen molar-refractivity contribution in [1.82, 2.24) is 10.3 Å². The molecule has 8 nitrogen and oxygen atoms in total. The van der Waals surface area contributed by atoms with E-state index in [-0.39, 0.29) is 12.1 Å². The van der Waals surface area contributed by atoms with E-state index in [4.69, 9.17) is 15.7 Å². The Morgan fingerprint density at radius 3 is 2.39 bits per heavy atom. The molecule has 1 aromatic heterocycles. The minimum absolute atomic E-state index is 0.216. The fourth-order valence-electron chi connectivity index (χ4n) is 3.15. The van der Waals surface area contributed by atoms with Crippen LogP contribution in [0.2, 0.25) is 0 Å². The van der Waals surface area contributed by atoms with Gasteiger partial charge in [0.15, 0.2) is 0 Å². The zero-order valence-corrected chi connectivity index (χ0v) is 19.5. The van der Waals surface area contributed by atoms with Gasteiger partial charge in [-0.05, 0) is 52.7 Å². The molecular formula is C23H38N6O2. The number of pyridine rings is 1. The second-order valence-electron chi connectivity index (χ2n) is 8.63. The summed E-state index contributed by atoms with van der Waals surface area (Å²) in [6, 6.07) is 3.82. The van der Waals surface area contributed by atoms with Crippen LogP contribution in [0.4, 0.5) is 10.5 Å². The summed E-state index contributed by atoms with van der Waals surface area (Å²) in [5, 5.41) is 11.6. The molecule has 1 aromatic rings. The Balaban J connectivity index is 2.15. The highest BCUT2D eigenvalue weighted by Gasteiger charge is 2.15. The molecule has 1 amide bonds. The number of alkyl carbamates (subject to hydrolysis) is 1. The number of hydrogen-bond acceptors (Lipinski definition) is 5. The van der Waals surface area contributed by atoms with E-state index in [0.29, 0.717) is 6.54 Å². The van der Waals surface area contributed by atoms with Crippen LogP contribution in [0.3, 0.4) is 0 Å². The number of carbonyl (C=O) groups is 1. The van der Waals surface area contributed by atoms with E-state index in [2.05, 4.69) is 15.3 Å². The fourth-order valence-corrected chi connectivity index (χ4v) is 3.15. The maximum Gasteiger partial charge on any atom is 0.407 e. The minimum Gasteiger partial charge on any atom is -0.444 e. The molecule has 0 aromatic carbocycles. The highest BCUT2D eigenvalue weighted by molar-refractivity contribution is 5.95. The highest BCUT2D eigenvalue weighted by atomic mass is 16.6. The monoisotopic (exact) mass is 430 g/mol. The maximum absolute atomic E-state index is 11.6. The number of aliphatic imine (C=N–C) groups is 1. The van der Waals surface area contributed by atoms with Crippen LogP contribution in [0.15, 0.2) is 23.3 Å². The molecule has 172 valence electrons. The summed E-state index contributed by atoms with van der Waals surface area (Å²) < 4.78 is 5.21. The fraction of sp³-hybridized carbons (Fsp3) is 0.652. The third kappa shape index (κ3) is 12.5. The number of aromatic nitrogens is 1. The normalized spacial score (nSPS) is 11.6. The molecule has 0 saturated carbocycles. The second-order valence-corrected chi connectivity index (χ2v) is 8.63. The average Bonchev–Trinajstić information content (AvgIpc) is 2.67. The molecule has 0 spiro atoms.